The molecule has 0 radical (unpaired) electrons. The summed E-state index contributed by atoms with van der Waals surface area (Å²) in [5.74, 6) is 0. The van der Waals surface area contributed by atoms with Gasteiger partial charge in [-0.25, -0.2) is 0 Å². The molecule has 0 amide bonds. The van der Waals surface area contributed by atoms with Crippen LogP contribution in [0, 0.1) is 0 Å². The second-order valence-electron chi connectivity index (χ2n) is 6.53. The largest absolute Gasteiger partial charge is 0.0833 e. The Morgan fingerprint density at radius 1 is 0.933 bits per heavy atom. The topological polar surface area (TPSA) is 0 Å². The summed E-state index contributed by atoms with van der Waals surface area (Å²) in [5, 5.41) is 3.65. The minimum atomic E-state index is -1.08. The van der Waals surface area contributed by atoms with E-state index in [1.807, 2.05) is 10.1 Å². The number of rotatable bonds is 4. The molecule has 0 aromatic carbocycles. The van der Waals surface area contributed by atoms with Crippen LogP contribution in [0.3, 0.4) is 0 Å². The maximum Gasteiger partial charge on any atom is 0.0833 e. The van der Waals surface area contributed by atoms with Crippen molar-refractivity contribution in [2.24, 2.45) is 0 Å². The molecule has 0 nitrogen and oxygen atoms in total. The Morgan fingerprint density at radius 2 is 1.47 bits per heavy atom. The molecule has 3 heteroatoms. The molecule has 15 heavy (non-hydrogen) atoms. The van der Waals surface area contributed by atoms with E-state index in [4.69, 9.17) is 0 Å². The van der Waals surface area contributed by atoms with Crippen LogP contribution in [0.5, 0.6) is 0 Å². The lowest BCUT2D eigenvalue weighted by Gasteiger charge is -2.38. The highest BCUT2D eigenvalue weighted by Crippen LogP contribution is 2.44. The van der Waals surface area contributed by atoms with Gasteiger partial charge in [0.2, 0.25) is 0 Å². The molecular formula is C12H25PSi2. The zero-order valence-corrected chi connectivity index (χ0v) is 14.3. The van der Waals surface area contributed by atoms with E-state index in [1.54, 1.807) is 13.5 Å². The molecule has 0 aliphatic carbocycles. The van der Waals surface area contributed by atoms with E-state index >= 15 is 0 Å². The van der Waals surface area contributed by atoms with E-state index in [0.29, 0.717) is 0 Å². The van der Waals surface area contributed by atoms with Gasteiger partial charge in [0.05, 0.1) is 16.1 Å². The number of hydrogen-bond donors (Lipinski definition) is 0. The van der Waals surface area contributed by atoms with Crippen LogP contribution >= 0.6 is 8.20 Å². The van der Waals surface area contributed by atoms with Gasteiger partial charge in [0.25, 0.3) is 0 Å². The lowest BCUT2D eigenvalue weighted by molar-refractivity contribution is 0.944. The summed E-state index contributed by atoms with van der Waals surface area (Å²) in [6.45, 7) is 17.3. The van der Waals surface area contributed by atoms with E-state index in [1.165, 1.54) is 12.8 Å². The van der Waals surface area contributed by atoms with E-state index in [0.717, 1.165) is 0 Å². The molecule has 0 N–H and O–H groups in total. The fourth-order valence-electron chi connectivity index (χ4n) is 2.08. The van der Waals surface area contributed by atoms with Crippen LogP contribution in [0.4, 0.5) is 0 Å². The fourth-order valence-corrected chi connectivity index (χ4v) is 12.0. The average Bonchev–Trinajstić information content (AvgIpc) is 1.90. The zero-order valence-electron chi connectivity index (χ0n) is 11.4. The van der Waals surface area contributed by atoms with E-state index < -0.39 is 16.1 Å². The first-order chi connectivity index (χ1) is 6.68. The normalized spacial score (nSPS) is 18.7. The Morgan fingerprint density at radius 3 is 1.80 bits per heavy atom. The predicted octanol–water partition coefficient (Wildman–Crippen LogP) is 4.93. The van der Waals surface area contributed by atoms with Crippen molar-refractivity contribution in [2.45, 2.75) is 59.0 Å². The Hall–Kier alpha value is 0.344. The van der Waals surface area contributed by atoms with Gasteiger partial charge < -0.3 is 0 Å². The van der Waals surface area contributed by atoms with Crippen molar-refractivity contribution >= 4 is 29.3 Å². The standard InChI is InChI=1S/C12H25PSi2/c1-8-9-10-11(14(2,3)4)12(13-10)15(5,6)7/h8-9H2,1-7H3. The van der Waals surface area contributed by atoms with Gasteiger partial charge in [0.15, 0.2) is 0 Å². The first-order valence-corrected chi connectivity index (χ1v) is 13.9. The molecule has 0 spiro atoms. The van der Waals surface area contributed by atoms with Crippen molar-refractivity contribution in [3.63, 3.8) is 0 Å². The highest BCUT2D eigenvalue weighted by atomic mass is 31.1. The zero-order chi connectivity index (χ0) is 11.9. The summed E-state index contributed by atoms with van der Waals surface area (Å²) >= 11 is 0. The molecule has 1 heterocycles. The monoisotopic (exact) mass is 256 g/mol. The van der Waals surface area contributed by atoms with E-state index in [2.05, 4.69) is 46.2 Å². The van der Waals surface area contributed by atoms with Crippen molar-refractivity contribution in [3.8, 4) is 0 Å². The number of hydrogen-bond acceptors (Lipinski definition) is 0. The first kappa shape index (κ1) is 13.4. The third-order valence-corrected chi connectivity index (χ3v) is 10.6. The van der Waals surface area contributed by atoms with Crippen LogP contribution in [0.25, 0.3) is 0 Å². The van der Waals surface area contributed by atoms with Gasteiger partial charge in [0.1, 0.15) is 0 Å². The Kier molecular flexibility index (Phi) is 3.85. The quantitative estimate of drug-likeness (QED) is 0.494. The third kappa shape index (κ3) is 2.92. The summed E-state index contributed by atoms with van der Waals surface area (Å²) in [6.07, 6.45) is 2.66. The molecule has 1 rings (SSSR count). The molecule has 0 atom stereocenters. The van der Waals surface area contributed by atoms with Gasteiger partial charge >= 0.3 is 0 Å². The molecule has 86 valence electrons. The predicted molar refractivity (Wildman–Crippen MR) is 80.6 cm³/mol. The molecule has 0 unspecified atom stereocenters. The SMILES string of the molecule is CCCC1=C([Si](C)(C)C)C([Si](C)(C)C)=P1. The summed E-state index contributed by atoms with van der Waals surface area (Å²) in [4.78, 5) is 1.87. The van der Waals surface area contributed by atoms with Crippen molar-refractivity contribution in [1.29, 1.82) is 0 Å². The molecule has 1 aliphatic rings. The molecule has 0 aromatic heterocycles. The van der Waals surface area contributed by atoms with Crippen LogP contribution in [0.1, 0.15) is 19.8 Å². The molecule has 0 aromatic rings. The highest BCUT2D eigenvalue weighted by Gasteiger charge is 2.37. The van der Waals surface area contributed by atoms with Gasteiger partial charge in [-0.15, -0.1) is 0 Å². The van der Waals surface area contributed by atoms with Gasteiger partial charge in [0, 0.05) is 0 Å². The van der Waals surface area contributed by atoms with Crippen molar-refractivity contribution < 1.29 is 0 Å². The molecule has 0 saturated carbocycles. The lowest BCUT2D eigenvalue weighted by atomic mass is 10.3. The van der Waals surface area contributed by atoms with Crippen LogP contribution in [0.15, 0.2) is 10.5 Å². The summed E-state index contributed by atoms with van der Waals surface area (Å²) < 4.78 is 0. The lowest BCUT2D eigenvalue weighted by Crippen LogP contribution is -2.45. The molecule has 0 bridgehead atoms. The Bertz CT molecular complexity index is 313. The first-order valence-electron chi connectivity index (χ1n) is 6.01. The Labute approximate surface area is 99.0 Å². The summed E-state index contributed by atoms with van der Waals surface area (Å²) in [7, 11) is -0.492. The van der Waals surface area contributed by atoms with Crippen molar-refractivity contribution in [3.05, 3.63) is 10.5 Å². The fraction of sp³-hybridized carbons (Fsp3) is 0.750. The van der Waals surface area contributed by atoms with Gasteiger partial charge in [-0.05, 0) is 21.8 Å². The highest BCUT2D eigenvalue weighted by molar-refractivity contribution is 7.60. The number of allylic oxidation sites excluding steroid dienone is 2. The van der Waals surface area contributed by atoms with Crippen LogP contribution in [0.2, 0.25) is 39.3 Å². The molecular weight excluding hydrogens is 231 g/mol. The second-order valence-corrected chi connectivity index (χ2v) is 18.2. The minimum Gasteiger partial charge on any atom is -0.0741 e. The summed E-state index contributed by atoms with van der Waals surface area (Å²) in [5.41, 5.74) is 0. The van der Waals surface area contributed by atoms with E-state index in [9.17, 15) is 0 Å². The smallest absolute Gasteiger partial charge is 0.0741 e. The summed E-state index contributed by atoms with van der Waals surface area (Å²) in [6, 6.07) is 0. The second kappa shape index (κ2) is 4.31. The molecule has 0 fully saturated rings. The van der Waals surface area contributed by atoms with Crippen molar-refractivity contribution in [2.75, 3.05) is 0 Å². The van der Waals surface area contributed by atoms with Crippen molar-refractivity contribution in [1.82, 2.24) is 0 Å². The minimum absolute atomic E-state index is 1.04. The van der Waals surface area contributed by atoms with Gasteiger partial charge in [-0.3, -0.25) is 0 Å². The Balaban J connectivity index is 2.97. The van der Waals surface area contributed by atoms with Gasteiger partial charge in [-0.1, -0.05) is 60.8 Å². The third-order valence-electron chi connectivity index (χ3n) is 2.72. The molecule has 1 aliphatic heterocycles. The van der Waals surface area contributed by atoms with Crippen LogP contribution in [-0.2, 0) is 0 Å². The van der Waals surface area contributed by atoms with Crippen LogP contribution in [-0.4, -0.2) is 21.1 Å². The molecule has 0 saturated heterocycles. The van der Waals surface area contributed by atoms with E-state index in [-0.39, 0.29) is 0 Å². The van der Waals surface area contributed by atoms with Crippen LogP contribution < -0.4 is 0 Å². The maximum atomic E-state index is 2.51. The van der Waals surface area contributed by atoms with Gasteiger partial charge in [-0.2, -0.15) is 0 Å². The average molecular weight is 256 g/mol. The maximum absolute atomic E-state index is 2.51.